The van der Waals surface area contributed by atoms with Gasteiger partial charge >= 0.3 is 0 Å². The lowest BCUT2D eigenvalue weighted by Crippen LogP contribution is -2.74. The minimum Gasteiger partial charge on any atom is -0.506 e. The molecule has 0 spiro atoms. The maximum atomic E-state index is 14.0. The Kier molecular flexibility index (Phi) is 7.29. The van der Waals surface area contributed by atoms with E-state index in [0.717, 1.165) is 5.56 Å². The predicted molar refractivity (Wildman–Crippen MR) is 150 cm³/mol. The Balaban J connectivity index is 1.60. The zero-order chi connectivity index (χ0) is 30.7. The average Bonchev–Trinajstić information content (AvgIpc) is 2.94. The highest BCUT2D eigenvalue weighted by molar-refractivity contribution is 6.32. The fourth-order valence-corrected chi connectivity index (χ4v) is 6.97. The number of fused-ring (bicyclic) bond motifs is 3. The summed E-state index contributed by atoms with van der Waals surface area (Å²) >= 11 is 0. The Labute approximate surface area is 242 Å². The molecule has 5 rings (SSSR count). The number of methoxy groups -OCH3 is 1. The van der Waals surface area contributed by atoms with Crippen molar-refractivity contribution >= 4 is 29.0 Å². The summed E-state index contributed by atoms with van der Waals surface area (Å²) in [6.07, 6.45) is 0.741. The predicted octanol–water partition coefficient (Wildman–Crippen LogP) is 0.838. The second kappa shape index (κ2) is 10.5. The number of phenols is 1. The molecule has 0 aliphatic heterocycles. The van der Waals surface area contributed by atoms with E-state index < -0.39 is 64.4 Å². The number of hydrogen-bond donors (Lipinski definition) is 3. The summed E-state index contributed by atoms with van der Waals surface area (Å²) in [6, 6.07) is 7.58. The van der Waals surface area contributed by atoms with Crippen molar-refractivity contribution in [2.24, 2.45) is 29.4 Å². The molecule has 3 aliphatic rings. The van der Waals surface area contributed by atoms with Crippen LogP contribution in [0.1, 0.15) is 46.0 Å². The Morgan fingerprint density at radius 3 is 2.36 bits per heavy atom. The summed E-state index contributed by atoms with van der Waals surface area (Å²) in [6.45, 7) is 1.90. The molecule has 0 radical (unpaired) electrons. The number of nitrogens with zero attached hydrogens (tertiary/aromatic N) is 1. The van der Waals surface area contributed by atoms with Crippen molar-refractivity contribution in [1.29, 1.82) is 0 Å². The van der Waals surface area contributed by atoms with Crippen LogP contribution in [0.4, 0.5) is 0 Å². The molecule has 0 aromatic heterocycles. The maximum Gasteiger partial charge on any atom is 0.235 e. The Hall–Kier alpha value is -4.33. The van der Waals surface area contributed by atoms with Crippen molar-refractivity contribution in [3.05, 3.63) is 58.1 Å². The molecule has 10 heteroatoms. The molecule has 4 N–H and O–H groups in total. The average molecular weight is 573 g/mol. The van der Waals surface area contributed by atoms with E-state index >= 15 is 0 Å². The van der Waals surface area contributed by atoms with E-state index in [1.165, 1.54) is 4.90 Å². The van der Waals surface area contributed by atoms with Crippen molar-refractivity contribution in [3.63, 3.8) is 0 Å². The van der Waals surface area contributed by atoms with Gasteiger partial charge in [-0.05, 0) is 80.7 Å². The Morgan fingerprint density at radius 1 is 1.12 bits per heavy atom. The SMILES string of the molecule is CCc1cc(C#Cc2ccc(OC)cc2)c(O)c2c1C[C@H]1C[C@H]3C(N(C)C)C(=O)C(C(N)=O)C(=O)[C@@]3(O)C(=O)C1C2=O. The monoisotopic (exact) mass is 572 g/mol. The lowest BCUT2D eigenvalue weighted by atomic mass is 9.52. The molecule has 0 bridgehead atoms. The van der Waals surface area contributed by atoms with Gasteiger partial charge in [0.25, 0.3) is 0 Å². The number of benzene rings is 2. The number of aryl methyl sites for hydroxylation is 1. The van der Waals surface area contributed by atoms with Crippen LogP contribution in [0.15, 0.2) is 30.3 Å². The quantitative estimate of drug-likeness (QED) is 0.356. The molecule has 6 atom stereocenters. The first-order chi connectivity index (χ1) is 19.9. The number of phenolic OH excluding ortho intramolecular Hbond substituents is 1. The van der Waals surface area contributed by atoms with Crippen LogP contribution in [0.5, 0.6) is 11.5 Å². The normalized spacial score (nSPS) is 28.4. The van der Waals surface area contributed by atoms with Crippen molar-refractivity contribution in [2.75, 3.05) is 21.2 Å². The number of hydrogen-bond acceptors (Lipinski definition) is 9. The number of ketones is 4. The molecule has 1 amide bonds. The lowest BCUT2D eigenvalue weighted by molar-refractivity contribution is -0.181. The molecule has 3 aliphatic carbocycles. The van der Waals surface area contributed by atoms with Gasteiger partial charge in [-0.3, -0.25) is 28.9 Å². The highest BCUT2D eigenvalue weighted by Gasteiger charge is 2.69. The molecule has 2 saturated carbocycles. The number of carbonyl (C=O) groups is 5. The van der Waals surface area contributed by atoms with Crippen molar-refractivity contribution < 1.29 is 38.9 Å². The molecule has 10 nitrogen and oxygen atoms in total. The summed E-state index contributed by atoms with van der Waals surface area (Å²) in [7, 11) is 4.66. The van der Waals surface area contributed by atoms with E-state index in [1.807, 2.05) is 6.92 Å². The molecule has 0 heterocycles. The molecule has 3 unspecified atom stereocenters. The molecule has 2 aromatic carbocycles. The number of nitrogens with two attached hydrogens (primary N) is 1. The van der Waals surface area contributed by atoms with Gasteiger partial charge in [0.1, 0.15) is 11.5 Å². The number of Topliss-reactive ketones (excluding diaryl/α,β-unsaturated/α-hetero) is 4. The number of likely N-dealkylation sites (N-methyl/N-ethyl adjacent to an activating group) is 1. The zero-order valence-corrected chi connectivity index (χ0v) is 23.8. The summed E-state index contributed by atoms with van der Waals surface area (Å²) in [5.41, 5.74) is 4.77. The van der Waals surface area contributed by atoms with Crippen LogP contribution in [-0.2, 0) is 32.0 Å². The van der Waals surface area contributed by atoms with E-state index in [1.54, 1.807) is 51.5 Å². The fourth-order valence-electron chi connectivity index (χ4n) is 6.97. The number of carbonyl (C=O) groups excluding carboxylic acids is 5. The number of aliphatic hydroxyl groups is 1. The second-order valence-electron chi connectivity index (χ2n) is 11.4. The zero-order valence-electron chi connectivity index (χ0n) is 23.8. The van der Waals surface area contributed by atoms with E-state index in [4.69, 9.17) is 10.5 Å². The van der Waals surface area contributed by atoms with Crippen molar-refractivity contribution in [3.8, 4) is 23.3 Å². The highest BCUT2D eigenvalue weighted by atomic mass is 16.5. The smallest absolute Gasteiger partial charge is 0.235 e. The first-order valence-electron chi connectivity index (χ1n) is 13.7. The Bertz CT molecular complexity index is 1600. The van der Waals surface area contributed by atoms with E-state index in [9.17, 15) is 34.2 Å². The largest absolute Gasteiger partial charge is 0.506 e. The van der Waals surface area contributed by atoms with Gasteiger partial charge in [0.05, 0.1) is 30.2 Å². The standard InChI is InChI=1S/C32H32N2O8/c1-5-16-12-17(9-6-15-7-10-19(42-4)11-8-15)26(35)23-20(16)13-18-14-21-25(34(2)3)28(37)24(31(33)40)30(39)32(21,41)29(38)22(18)27(23)36/h7-8,10-12,18,21-22,24-25,35,41H,5,13-14H2,1-4H3,(H2,33,40)/t18-,21-,22?,24?,25?,32-/m0/s1. The summed E-state index contributed by atoms with van der Waals surface area (Å²) in [4.78, 5) is 68.3. The van der Waals surface area contributed by atoms with Gasteiger partial charge in [-0.2, -0.15) is 0 Å². The first-order valence-corrected chi connectivity index (χ1v) is 13.7. The summed E-state index contributed by atoms with van der Waals surface area (Å²) in [5.74, 6) is -4.19. The van der Waals surface area contributed by atoms with Gasteiger partial charge in [0.15, 0.2) is 34.7 Å². The van der Waals surface area contributed by atoms with E-state index in [2.05, 4.69) is 11.8 Å². The van der Waals surface area contributed by atoms with Crippen LogP contribution in [-0.4, -0.2) is 77.0 Å². The molecule has 2 aromatic rings. The van der Waals surface area contributed by atoms with E-state index in [0.29, 0.717) is 23.3 Å². The number of aromatic hydroxyl groups is 1. The number of rotatable bonds is 4. The third-order valence-electron chi connectivity index (χ3n) is 8.97. The fraction of sp³-hybridized carbons (Fsp3) is 0.406. The van der Waals surface area contributed by atoms with Crippen LogP contribution in [0.25, 0.3) is 0 Å². The Morgan fingerprint density at radius 2 is 1.79 bits per heavy atom. The van der Waals surface area contributed by atoms with Gasteiger partial charge in [-0.25, -0.2) is 0 Å². The summed E-state index contributed by atoms with van der Waals surface area (Å²) < 4.78 is 5.16. The third kappa shape index (κ3) is 4.23. The van der Waals surface area contributed by atoms with Gasteiger partial charge < -0.3 is 20.7 Å². The molecular formula is C32H32N2O8. The summed E-state index contributed by atoms with van der Waals surface area (Å²) in [5, 5.41) is 23.0. The second-order valence-corrected chi connectivity index (χ2v) is 11.4. The maximum absolute atomic E-state index is 14.0. The van der Waals surface area contributed by atoms with Crippen LogP contribution in [0.2, 0.25) is 0 Å². The van der Waals surface area contributed by atoms with Gasteiger partial charge in [-0.15, -0.1) is 0 Å². The molecular weight excluding hydrogens is 540 g/mol. The van der Waals surface area contributed by atoms with Crippen LogP contribution in [0, 0.1) is 35.5 Å². The van der Waals surface area contributed by atoms with Gasteiger partial charge in [-0.1, -0.05) is 18.8 Å². The molecule has 0 saturated heterocycles. The van der Waals surface area contributed by atoms with Crippen molar-refractivity contribution in [1.82, 2.24) is 4.90 Å². The van der Waals surface area contributed by atoms with Crippen LogP contribution in [0.3, 0.4) is 0 Å². The van der Waals surface area contributed by atoms with Crippen LogP contribution < -0.4 is 10.5 Å². The molecule has 2 fully saturated rings. The minimum atomic E-state index is -2.76. The highest BCUT2D eigenvalue weighted by Crippen LogP contribution is 2.51. The molecule has 218 valence electrons. The number of amides is 1. The minimum absolute atomic E-state index is 0.00678. The van der Waals surface area contributed by atoms with E-state index in [-0.39, 0.29) is 29.7 Å². The number of ether oxygens (including phenoxy) is 1. The topological polar surface area (TPSA) is 164 Å². The molecule has 42 heavy (non-hydrogen) atoms. The number of primary amides is 1. The van der Waals surface area contributed by atoms with Crippen LogP contribution >= 0.6 is 0 Å². The lowest BCUT2D eigenvalue weighted by Gasteiger charge is -2.52. The van der Waals surface area contributed by atoms with Crippen molar-refractivity contribution in [2.45, 2.75) is 37.8 Å². The third-order valence-corrected chi connectivity index (χ3v) is 8.97. The first kappa shape index (κ1) is 29.2. The van der Waals surface area contributed by atoms with Gasteiger partial charge in [0, 0.05) is 11.5 Å². The van der Waals surface area contributed by atoms with Gasteiger partial charge in [0.2, 0.25) is 5.91 Å².